The number of rotatable bonds is 5. The summed E-state index contributed by atoms with van der Waals surface area (Å²) in [7, 11) is -7.08. The lowest BCUT2D eigenvalue weighted by Crippen LogP contribution is -2.63. The Hall–Kier alpha value is -2.93. The van der Waals surface area contributed by atoms with Crippen molar-refractivity contribution in [3.05, 3.63) is 65.7 Å². The average Bonchev–Trinajstić information content (AvgIpc) is 2.77. The minimum atomic E-state index is -7.40. The summed E-state index contributed by atoms with van der Waals surface area (Å²) in [6.45, 7) is 0. The summed E-state index contributed by atoms with van der Waals surface area (Å²) in [6, 6.07) is 14.2. The van der Waals surface area contributed by atoms with E-state index in [2.05, 4.69) is 4.18 Å². The van der Waals surface area contributed by atoms with Gasteiger partial charge in [-0.2, -0.15) is 47.9 Å². The number of halogens is 10. The van der Waals surface area contributed by atoms with Crippen molar-refractivity contribution in [2.45, 2.75) is 23.3 Å². The molecule has 0 aliphatic carbocycles. The molecule has 36 heavy (non-hydrogen) atoms. The van der Waals surface area contributed by atoms with Gasteiger partial charge in [0.25, 0.3) is 0 Å². The molecule has 4 aromatic carbocycles. The molecule has 0 bridgehead atoms. The van der Waals surface area contributed by atoms with Gasteiger partial charge in [0.1, 0.15) is 5.75 Å². The zero-order valence-electron chi connectivity index (χ0n) is 17.2. The maximum absolute atomic E-state index is 14.1. The van der Waals surface area contributed by atoms with Gasteiger partial charge in [-0.15, -0.1) is 0 Å². The van der Waals surface area contributed by atoms with E-state index in [9.17, 15) is 47.9 Å². The van der Waals surface area contributed by atoms with Gasteiger partial charge < -0.3 is 4.18 Å². The first-order valence-electron chi connectivity index (χ1n) is 9.61. The Kier molecular flexibility index (Phi) is 5.84. The average molecular weight is 561 g/mol. The smallest absolute Gasteiger partial charge is 0.378 e. The summed E-state index contributed by atoms with van der Waals surface area (Å²) in [5.74, 6) is -15.9. The van der Waals surface area contributed by atoms with E-state index in [4.69, 9.17) is 11.6 Å². The van der Waals surface area contributed by atoms with Crippen molar-refractivity contribution in [3.63, 3.8) is 0 Å². The topological polar surface area (TPSA) is 43.4 Å². The van der Waals surface area contributed by atoms with Crippen molar-refractivity contribution in [3.8, 4) is 5.75 Å². The van der Waals surface area contributed by atoms with E-state index in [0.717, 1.165) is 12.1 Å². The van der Waals surface area contributed by atoms with Gasteiger partial charge in [-0.05, 0) is 51.2 Å². The first kappa shape index (κ1) is 26.1. The minimum absolute atomic E-state index is 0.109. The van der Waals surface area contributed by atoms with Gasteiger partial charge in [-0.1, -0.05) is 48.0 Å². The first-order valence-corrected chi connectivity index (χ1v) is 11.4. The Labute approximate surface area is 201 Å². The van der Waals surface area contributed by atoms with Crippen LogP contribution in [0.1, 0.15) is 0 Å². The molecule has 0 N–H and O–H groups in total. The molecule has 0 heterocycles. The SMILES string of the molecule is O=S(=O)(Oc1ccc2c3ccccc3c3cccc(Cl)c3c2c1)C(F)(F)C(F)(F)C(F)(F)C(F)(F)F. The molecule has 0 saturated heterocycles. The standard InChI is InChI=1S/C22H10ClF9O3S/c23-17-7-3-6-15-13-5-2-1-4-12(13)14-9-8-11(10-16(14)18(15)17)35-36(33,34)22(31,32)20(26,27)19(24,25)21(28,29)30/h1-10H. The van der Waals surface area contributed by atoms with Crippen LogP contribution < -0.4 is 4.18 Å². The van der Waals surface area contributed by atoms with Crippen LogP contribution in [0.15, 0.2) is 60.7 Å². The van der Waals surface area contributed by atoms with Gasteiger partial charge in [0.15, 0.2) is 0 Å². The summed E-state index contributed by atoms with van der Waals surface area (Å²) >= 11 is 6.28. The number of alkyl halides is 9. The molecule has 0 atom stereocenters. The lowest BCUT2D eigenvalue weighted by Gasteiger charge is -2.32. The van der Waals surface area contributed by atoms with Crippen molar-refractivity contribution in [2.75, 3.05) is 0 Å². The molecule has 0 aromatic heterocycles. The zero-order chi connectivity index (χ0) is 26.9. The predicted octanol–water partition coefficient (Wildman–Crippen LogP) is 7.93. The van der Waals surface area contributed by atoms with Crippen molar-refractivity contribution in [1.29, 1.82) is 0 Å². The molecular formula is C22H10ClF9O3S. The molecule has 3 nitrogen and oxygen atoms in total. The maximum Gasteiger partial charge on any atom is 0.460 e. The molecule has 192 valence electrons. The third kappa shape index (κ3) is 3.62. The number of fused-ring (bicyclic) bond motifs is 6. The van der Waals surface area contributed by atoms with Crippen molar-refractivity contribution < 1.29 is 52.1 Å². The van der Waals surface area contributed by atoms with Crippen LogP contribution >= 0.6 is 11.6 Å². The lowest BCUT2D eigenvalue weighted by atomic mass is 9.94. The molecule has 0 radical (unpaired) electrons. The number of hydrogen-bond acceptors (Lipinski definition) is 3. The number of hydrogen-bond donors (Lipinski definition) is 0. The molecule has 0 saturated carbocycles. The fourth-order valence-corrected chi connectivity index (χ4v) is 4.87. The maximum atomic E-state index is 14.1. The predicted molar refractivity (Wildman–Crippen MR) is 114 cm³/mol. The highest BCUT2D eigenvalue weighted by Gasteiger charge is 2.86. The van der Waals surface area contributed by atoms with Crippen molar-refractivity contribution in [2.24, 2.45) is 0 Å². The van der Waals surface area contributed by atoms with Crippen LogP contribution in [-0.2, 0) is 10.1 Å². The highest BCUT2D eigenvalue weighted by molar-refractivity contribution is 7.88. The molecule has 0 spiro atoms. The molecule has 0 aliphatic heterocycles. The van der Waals surface area contributed by atoms with Crippen LogP contribution in [0.5, 0.6) is 5.75 Å². The fraction of sp³-hybridized carbons (Fsp3) is 0.182. The van der Waals surface area contributed by atoms with E-state index in [1.54, 1.807) is 36.4 Å². The van der Waals surface area contributed by atoms with Crippen molar-refractivity contribution in [1.82, 2.24) is 0 Å². The normalized spacial score (nSPS) is 14.1. The second-order valence-corrected chi connectivity index (χ2v) is 9.61. The quantitative estimate of drug-likeness (QED) is 0.141. The van der Waals surface area contributed by atoms with Gasteiger partial charge in [-0.3, -0.25) is 0 Å². The Morgan fingerprint density at radius 3 is 1.75 bits per heavy atom. The molecule has 4 rings (SSSR count). The van der Waals surface area contributed by atoms with E-state index in [1.807, 2.05) is 0 Å². The van der Waals surface area contributed by atoms with Crippen LogP contribution in [0, 0.1) is 0 Å². The van der Waals surface area contributed by atoms with E-state index >= 15 is 0 Å². The van der Waals surface area contributed by atoms with E-state index < -0.39 is 39.1 Å². The summed E-state index contributed by atoms with van der Waals surface area (Å²) in [4.78, 5) is 0. The molecule has 0 unspecified atom stereocenters. The molecule has 0 fully saturated rings. The summed E-state index contributed by atoms with van der Waals surface area (Å²) in [6.07, 6.45) is -7.19. The van der Waals surface area contributed by atoms with Crippen LogP contribution in [0.25, 0.3) is 32.3 Å². The Bertz CT molecular complexity index is 1620. The van der Waals surface area contributed by atoms with Crippen molar-refractivity contribution >= 4 is 54.0 Å². The second kappa shape index (κ2) is 8.04. The number of benzene rings is 4. The van der Waals surface area contributed by atoms with Gasteiger partial charge in [0, 0.05) is 10.4 Å². The van der Waals surface area contributed by atoms with Crippen LogP contribution in [0.4, 0.5) is 39.5 Å². The molecule has 14 heteroatoms. The lowest BCUT2D eigenvalue weighted by molar-refractivity contribution is -0.382. The third-order valence-corrected chi connectivity index (χ3v) is 7.03. The summed E-state index contributed by atoms with van der Waals surface area (Å²) < 4.78 is 147. The largest absolute Gasteiger partial charge is 0.460 e. The summed E-state index contributed by atoms with van der Waals surface area (Å²) in [5.41, 5.74) is 0. The molecule has 0 aliphatic rings. The van der Waals surface area contributed by atoms with E-state index in [1.165, 1.54) is 12.1 Å². The minimum Gasteiger partial charge on any atom is -0.378 e. The Balaban J connectivity index is 1.89. The van der Waals surface area contributed by atoms with Gasteiger partial charge >= 0.3 is 33.4 Å². The second-order valence-electron chi connectivity index (χ2n) is 7.62. The fourth-order valence-electron chi connectivity index (χ4n) is 3.69. The van der Waals surface area contributed by atoms with Gasteiger partial charge in [0.2, 0.25) is 0 Å². The van der Waals surface area contributed by atoms with Crippen LogP contribution in [0.2, 0.25) is 5.02 Å². The van der Waals surface area contributed by atoms with Gasteiger partial charge in [0.05, 0.1) is 0 Å². The van der Waals surface area contributed by atoms with E-state index in [-0.39, 0.29) is 15.8 Å². The third-order valence-electron chi connectivity index (χ3n) is 5.42. The zero-order valence-corrected chi connectivity index (χ0v) is 18.8. The van der Waals surface area contributed by atoms with E-state index in [0.29, 0.717) is 21.5 Å². The summed E-state index contributed by atoms with van der Waals surface area (Å²) in [5, 5.41) is -4.22. The molecular weight excluding hydrogens is 551 g/mol. The van der Waals surface area contributed by atoms with Crippen LogP contribution in [0.3, 0.4) is 0 Å². The highest BCUT2D eigenvalue weighted by Crippen LogP contribution is 2.55. The Morgan fingerprint density at radius 2 is 1.17 bits per heavy atom. The molecule has 4 aromatic rings. The molecule has 0 amide bonds. The Morgan fingerprint density at radius 1 is 0.639 bits per heavy atom. The van der Waals surface area contributed by atoms with Gasteiger partial charge in [-0.25, -0.2) is 0 Å². The monoisotopic (exact) mass is 560 g/mol. The first-order chi connectivity index (χ1) is 16.4. The highest BCUT2D eigenvalue weighted by atomic mass is 35.5. The van der Waals surface area contributed by atoms with Crippen LogP contribution in [-0.4, -0.2) is 31.7 Å².